The van der Waals surface area contributed by atoms with Crippen molar-refractivity contribution in [3.63, 3.8) is 0 Å². The summed E-state index contributed by atoms with van der Waals surface area (Å²) in [5.74, 6) is -1.29. The Bertz CT molecular complexity index is 800. The van der Waals surface area contributed by atoms with Crippen molar-refractivity contribution in [3.05, 3.63) is 70.2 Å². The molecule has 1 atom stereocenters. The molecule has 0 aliphatic carbocycles. The normalized spacial score (nSPS) is 16.8. The fourth-order valence-electron chi connectivity index (χ4n) is 3.39. The van der Waals surface area contributed by atoms with Crippen molar-refractivity contribution >= 4 is 23.5 Å². The molecule has 1 fully saturated rings. The van der Waals surface area contributed by atoms with Crippen LogP contribution < -0.4 is 5.73 Å². The summed E-state index contributed by atoms with van der Waals surface area (Å²) in [7, 11) is 0. The van der Waals surface area contributed by atoms with Crippen molar-refractivity contribution in [3.8, 4) is 0 Å². The van der Waals surface area contributed by atoms with Gasteiger partial charge in [0.1, 0.15) is 6.04 Å². The van der Waals surface area contributed by atoms with Crippen LogP contribution in [0.1, 0.15) is 27.5 Å². The van der Waals surface area contributed by atoms with Crippen LogP contribution in [0, 0.1) is 0 Å². The minimum absolute atomic E-state index is 0.288. The van der Waals surface area contributed by atoms with Gasteiger partial charge in [-0.2, -0.15) is 0 Å². The molecule has 1 amide bonds. The second-order valence-electron chi connectivity index (χ2n) is 6.67. The topological polar surface area (TPSA) is 86.9 Å². The second kappa shape index (κ2) is 8.52. The van der Waals surface area contributed by atoms with Crippen LogP contribution in [0.3, 0.4) is 0 Å². The van der Waals surface area contributed by atoms with E-state index in [0.717, 1.165) is 43.9 Å². The molecule has 0 bridgehead atoms. The monoisotopic (exact) mass is 387 g/mol. The van der Waals surface area contributed by atoms with Gasteiger partial charge in [-0.25, -0.2) is 4.79 Å². The molecule has 3 N–H and O–H groups in total. The number of primary amides is 1. The van der Waals surface area contributed by atoms with Crippen molar-refractivity contribution in [1.29, 1.82) is 0 Å². The Morgan fingerprint density at radius 1 is 1.00 bits per heavy atom. The number of nitrogens with zero attached hydrogens (tertiary/aromatic N) is 2. The van der Waals surface area contributed by atoms with Crippen LogP contribution in [0.2, 0.25) is 5.02 Å². The summed E-state index contributed by atoms with van der Waals surface area (Å²) in [5, 5.41) is 9.60. The van der Waals surface area contributed by atoms with Crippen LogP contribution in [0.25, 0.3) is 0 Å². The van der Waals surface area contributed by atoms with Crippen LogP contribution in [0.4, 0.5) is 0 Å². The molecular formula is C20H22ClN3O3. The molecule has 1 saturated heterocycles. The first-order valence-electron chi connectivity index (χ1n) is 8.77. The molecule has 1 aliphatic rings. The number of rotatable bonds is 6. The Morgan fingerprint density at radius 2 is 1.59 bits per heavy atom. The highest BCUT2D eigenvalue weighted by molar-refractivity contribution is 6.30. The number of amides is 1. The van der Waals surface area contributed by atoms with Crippen LogP contribution in [-0.2, 0) is 11.3 Å². The quantitative estimate of drug-likeness (QED) is 0.794. The summed E-state index contributed by atoms with van der Waals surface area (Å²) in [6, 6.07) is 13.7. The highest BCUT2D eigenvalue weighted by Crippen LogP contribution is 2.24. The molecule has 27 heavy (non-hydrogen) atoms. The molecule has 0 aromatic heterocycles. The van der Waals surface area contributed by atoms with Gasteiger partial charge in [0, 0.05) is 37.7 Å². The van der Waals surface area contributed by atoms with Gasteiger partial charge in [0.2, 0.25) is 5.91 Å². The average molecular weight is 388 g/mol. The van der Waals surface area contributed by atoms with Gasteiger partial charge < -0.3 is 10.8 Å². The summed E-state index contributed by atoms with van der Waals surface area (Å²) in [6.45, 7) is 3.80. The maximum atomic E-state index is 12.0. The number of carboxylic acids is 1. The lowest BCUT2D eigenvalue weighted by molar-refractivity contribution is -0.124. The minimum Gasteiger partial charge on any atom is -0.478 e. The molecule has 142 valence electrons. The molecule has 2 aromatic rings. The summed E-state index contributed by atoms with van der Waals surface area (Å²) in [4.78, 5) is 27.3. The number of piperazine rings is 1. The van der Waals surface area contributed by atoms with Crippen molar-refractivity contribution in [1.82, 2.24) is 9.80 Å². The lowest BCUT2D eigenvalue weighted by Crippen LogP contribution is -2.49. The Labute approximate surface area is 163 Å². The van der Waals surface area contributed by atoms with E-state index in [1.807, 2.05) is 24.3 Å². The van der Waals surface area contributed by atoms with E-state index in [-0.39, 0.29) is 11.5 Å². The molecule has 0 spiro atoms. The van der Waals surface area contributed by atoms with Crippen molar-refractivity contribution in [2.24, 2.45) is 5.73 Å². The summed E-state index contributed by atoms with van der Waals surface area (Å²) < 4.78 is 0. The molecular weight excluding hydrogens is 366 g/mol. The number of benzene rings is 2. The van der Waals surface area contributed by atoms with E-state index in [0.29, 0.717) is 5.02 Å². The largest absolute Gasteiger partial charge is 0.478 e. The molecule has 1 aliphatic heterocycles. The van der Waals surface area contributed by atoms with E-state index in [4.69, 9.17) is 22.4 Å². The standard InChI is InChI=1S/C20H22ClN3O3/c21-17-7-5-15(6-8-17)18(19(22)25)24-11-9-23(10-12-24)13-14-1-3-16(4-2-14)20(26)27/h1-8,18H,9-13H2,(H2,22,25)(H,26,27). The maximum absolute atomic E-state index is 12.0. The summed E-state index contributed by atoms with van der Waals surface area (Å²) >= 11 is 5.94. The van der Waals surface area contributed by atoms with Crippen molar-refractivity contribution < 1.29 is 14.7 Å². The van der Waals surface area contributed by atoms with E-state index in [2.05, 4.69) is 9.80 Å². The average Bonchev–Trinajstić information content (AvgIpc) is 2.65. The molecule has 3 rings (SSSR count). The minimum atomic E-state index is -0.921. The fraction of sp³-hybridized carbons (Fsp3) is 0.300. The lowest BCUT2D eigenvalue weighted by Gasteiger charge is -2.38. The molecule has 1 unspecified atom stereocenters. The smallest absolute Gasteiger partial charge is 0.335 e. The van der Waals surface area contributed by atoms with E-state index >= 15 is 0 Å². The summed E-state index contributed by atoms with van der Waals surface area (Å²) in [5.41, 5.74) is 7.87. The van der Waals surface area contributed by atoms with E-state index in [1.54, 1.807) is 24.3 Å². The SMILES string of the molecule is NC(=O)C(c1ccc(Cl)cc1)N1CCN(Cc2ccc(C(=O)O)cc2)CC1. The van der Waals surface area contributed by atoms with Gasteiger partial charge >= 0.3 is 5.97 Å². The van der Waals surface area contributed by atoms with Gasteiger partial charge in [-0.05, 0) is 35.4 Å². The third-order valence-corrected chi connectivity index (χ3v) is 5.09. The number of aromatic carboxylic acids is 1. The van der Waals surface area contributed by atoms with Gasteiger partial charge in [0.05, 0.1) is 5.56 Å². The molecule has 2 aromatic carbocycles. The van der Waals surface area contributed by atoms with Gasteiger partial charge in [0.25, 0.3) is 0 Å². The first kappa shape index (κ1) is 19.4. The lowest BCUT2D eigenvalue weighted by atomic mass is 10.0. The molecule has 0 saturated carbocycles. The van der Waals surface area contributed by atoms with Gasteiger partial charge in [-0.3, -0.25) is 14.6 Å². The van der Waals surface area contributed by atoms with Crippen LogP contribution in [0.15, 0.2) is 48.5 Å². The van der Waals surface area contributed by atoms with Gasteiger partial charge in [-0.1, -0.05) is 35.9 Å². The Hall–Kier alpha value is -2.41. The second-order valence-corrected chi connectivity index (χ2v) is 7.11. The first-order chi connectivity index (χ1) is 12.9. The number of hydrogen-bond donors (Lipinski definition) is 2. The van der Waals surface area contributed by atoms with Gasteiger partial charge in [-0.15, -0.1) is 0 Å². The first-order valence-corrected chi connectivity index (χ1v) is 9.15. The maximum Gasteiger partial charge on any atom is 0.335 e. The highest BCUT2D eigenvalue weighted by Gasteiger charge is 2.28. The number of carboxylic acid groups (broad SMARTS) is 1. The predicted molar refractivity (Wildman–Crippen MR) is 104 cm³/mol. The Balaban J connectivity index is 1.60. The third kappa shape index (κ3) is 4.86. The van der Waals surface area contributed by atoms with E-state index in [1.165, 1.54) is 0 Å². The number of halogens is 1. The number of carbonyl (C=O) groups excluding carboxylic acids is 1. The summed E-state index contributed by atoms with van der Waals surface area (Å²) in [6.07, 6.45) is 0. The number of hydrogen-bond acceptors (Lipinski definition) is 4. The van der Waals surface area contributed by atoms with Crippen LogP contribution >= 0.6 is 11.6 Å². The van der Waals surface area contributed by atoms with Crippen LogP contribution in [-0.4, -0.2) is 53.0 Å². The molecule has 7 heteroatoms. The number of carbonyl (C=O) groups is 2. The fourth-order valence-corrected chi connectivity index (χ4v) is 3.52. The van der Waals surface area contributed by atoms with Crippen molar-refractivity contribution in [2.75, 3.05) is 26.2 Å². The third-order valence-electron chi connectivity index (χ3n) is 4.83. The Kier molecular flexibility index (Phi) is 6.11. The number of nitrogens with two attached hydrogens (primary N) is 1. The Morgan fingerprint density at radius 3 is 2.11 bits per heavy atom. The zero-order valence-electron chi connectivity index (χ0n) is 14.8. The van der Waals surface area contributed by atoms with E-state index < -0.39 is 12.0 Å². The molecule has 6 nitrogen and oxygen atoms in total. The zero-order valence-corrected chi connectivity index (χ0v) is 15.6. The van der Waals surface area contributed by atoms with Crippen molar-refractivity contribution in [2.45, 2.75) is 12.6 Å². The molecule has 1 heterocycles. The molecule has 0 radical (unpaired) electrons. The predicted octanol–water partition coefficient (Wildman–Crippen LogP) is 2.38. The van der Waals surface area contributed by atoms with E-state index in [9.17, 15) is 9.59 Å². The van der Waals surface area contributed by atoms with Gasteiger partial charge in [0.15, 0.2) is 0 Å². The zero-order chi connectivity index (χ0) is 19.4. The van der Waals surface area contributed by atoms with Crippen LogP contribution in [0.5, 0.6) is 0 Å². The highest BCUT2D eigenvalue weighted by atomic mass is 35.5.